The van der Waals surface area contributed by atoms with Crippen molar-refractivity contribution in [3.63, 3.8) is 0 Å². The largest absolute Gasteiger partial charge is 0.494 e. The molecule has 0 saturated heterocycles. The monoisotopic (exact) mass is 366 g/mol. The molecule has 3 aromatic rings. The first-order valence-electron chi connectivity index (χ1n) is 8.05. The van der Waals surface area contributed by atoms with Crippen molar-refractivity contribution in [2.24, 2.45) is 0 Å². The number of hydrogen-bond acceptors (Lipinski definition) is 6. The van der Waals surface area contributed by atoms with Crippen LogP contribution in [0.3, 0.4) is 0 Å². The number of carboxylic acids is 1. The Morgan fingerprint density at radius 2 is 2.11 bits per heavy atom. The fraction of sp³-hybridized carbons (Fsp3) is 0.111. The Kier molecular flexibility index (Phi) is 4.17. The molecule has 3 heterocycles. The molecule has 9 nitrogen and oxygen atoms in total. The first-order chi connectivity index (χ1) is 13.1. The van der Waals surface area contributed by atoms with Gasteiger partial charge in [-0.05, 0) is 12.1 Å². The third-order valence-corrected chi connectivity index (χ3v) is 3.97. The summed E-state index contributed by atoms with van der Waals surface area (Å²) in [5.74, 6) is -1.43. The molecule has 1 amide bonds. The number of nitrogens with zero attached hydrogens (tertiary/aromatic N) is 2. The van der Waals surface area contributed by atoms with Crippen LogP contribution in [-0.2, 0) is 14.3 Å². The zero-order chi connectivity index (χ0) is 18.8. The van der Waals surface area contributed by atoms with Crippen molar-refractivity contribution in [2.75, 3.05) is 18.5 Å². The Morgan fingerprint density at radius 1 is 1.22 bits per heavy atom. The number of anilines is 1. The molecule has 136 valence electrons. The molecule has 0 unspecified atom stereocenters. The van der Waals surface area contributed by atoms with E-state index in [0.29, 0.717) is 41.2 Å². The first-order valence-corrected chi connectivity index (χ1v) is 8.05. The Balaban J connectivity index is 1.70. The highest BCUT2D eigenvalue weighted by molar-refractivity contribution is 6.08. The highest BCUT2D eigenvalue weighted by Gasteiger charge is 2.18. The molecule has 27 heavy (non-hydrogen) atoms. The maximum absolute atomic E-state index is 12.2. The maximum atomic E-state index is 12.2. The standard InChI is InChI=1S/C18H14N4O5/c23-17(13-8-26-4-5-27-13)22-11-3-1-2-10(6-11)15-14-12(18(24)25)7-19-16(14)21-9-20-15/h1-3,6-9H,4-5H2,(H,22,23)(H,24,25)(H,19,20,21). The van der Waals surface area contributed by atoms with Crippen molar-refractivity contribution < 1.29 is 24.2 Å². The summed E-state index contributed by atoms with van der Waals surface area (Å²) < 4.78 is 10.3. The number of aromatic carboxylic acids is 1. The molecule has 0 radical (unpaired) electrons. The van der Waals surface area contributed by atoms with E-state index in [0.717, 1.165) is 0 Å². The highest BCUT2D eigenvalue weighted by atomic mass is 16.6. The third-order valence-electron chi connectivity index (χ3n) is 3.97. The van der Waals surface area contributed by atoms with Crippen molar-refractivity contribution in [2.45, 2.75) is 0 Å². The van der Waals surface area contributed by atoms with Gasteiger partial charge in [0, 0.05) is 17.4 Å². The molecule has 0 bridgehead atoms. The minimum atomic E-state index is -1.08. The molecule has 0 atom stereocenters. The van der Waals surface area contributed by atoms with E-state index in [1.54, 1.807) is 24.3 Å². The molecule has 4 rings (SSSR count). The quantitative estimate of drug-likeness (QED) is 0.646. The van der Waals surface area contributed by atoms with Crippen molar-refractivity contribution >= 4 is 28.6 Å². The lowest BCUT2D eigenvalue weighted by atomic mass is 10.1. The Morgan fingerprint density at radius 3 is 2.89 bits per heavy atom. The van der Waals surface area contributed by atoms with Crippen LogP contribution in [-0.4, -0.2) is 45.1 Å². The van der Waals surface area contributed by atoms with Crippen LogP contribution >= 0.6 is 0 Å². The van der Waals surface area contributed by atoms with Gasteiger partial charge >= 0.3 is 5.97 Å². The Bertz CT molecular complexity index is 1070. The number of fused-ring (bicyclic) bond motifs is 1. The summed E-state index contributed by atoms with van der Waals surface area (Å²) in [7, 11) is 0. The van der Waals surface area contributed by atoms with E-state index < -0.39 is 11.9 Å². The van der Waals surface area contributed by atoms with Gasteiger partial charge in [0.2, 0.25) is 5.76 Å². The number of aromatic nitrogens is 3. The number of rotatable bonds is 4. The van der Waals surface area contributed by atoms with E-state index >= 15 is 0 Å². The van der Waals surface area contributed by atoms with Crippen LogP contribution < -0.4 is 5.32 Å². The Labute approximate surface area is 152 Å². The molecule has 0 saturated carbocycles. The fourth-order valence-corrected chi connectivity index (χ4v) is 2.77. The van der Waals surface area contributed by atoms with Gasteiger partial charge in [0.15, 0.2) is 0 Å². The van der Waals surface area contributed by atoms with Crippen LogP contribution in [0.25, 0.3) is 22.3 Å². The summed E-state index contributed by atoms with van der Waals surface area (Å²) in [4.78, 5) is 34.9. The number of nitrogens with one attached hydrogen (secondary N) is 2. The molecule has 1 aromatic carbocycles. The number of carbonyl (C=O) groups is 2. The van der Waals surface area contributed by atoms with Gasteiger partial charge in [-0.2, -0.15) is 0 Å². The number of amides is 1. The topological polar surface area (TPSA) is 126 Å². The molecular weight excluding hydrogens is 352 g/mol. The van der Waals surface area contributed by atoms with E-state index in [1.807, 2.05) is 0 Å². The third kappa shape index (κ3) is 3.17. The fourth-order valence-electron chi connectivity index (χ4n) is 2.77. The maximum Gasteiger partial charge on any atom is 0.338 e. The van der Waals surface area contributed by atoms with Gasteiger partial charge < -0.3 is 24.9 Å². The molecule has 2 aromatic heterocycles. The molecule has 1 aliphatic rings. The summed E-state index contributed by atoms with van der Waals surface area (Å²) in [6.07, 6.45) is 4.00. The van der Waals surface area contributed by atoms with Gasteiger partial charge in [0.1, 0.15) is 31.5 Å². The van der Waals surface area contributed by atoms with Crippen LogP contribution in [0.1, 0.15) is 10.4 Å². The second kappa shape index (κ2) is 6.79. The van der Waals surface area contributed by atoms with Gasteiger partial charge in [0.05, 0.1) is 16.6 Å². The zero-order valence-electron chi connectivity index (χ0n) is 13.9. The summed E-state index contributed by atoms with van der Waals surface area (Å²) in [5.41, 5.74) is 2.09. The number of ether oxygens (including phenoxy) is 2. The molecule has 9 heteroatoms. The number of carbonyl (C=O) groups excluding carboxylic acids is 1. The molecule has 3 N–H and O–H groups in total. The van der Waals surface area contributed by atoms with E-state index in [-0.39, 0.29) is 11.3 Å². The lowest BCUT2D eigenvalue weighted by Crippen LogP contribution is -2.21. The average molecular weight is 366 g/mol. The van der Waals surface area contributed by atoms with Crippen molar-refractivity contribution in [3.8, 4) is 11.3 Å². The lowest BCUT2D eigenvalue weighted by Gasteiger charge is -2.15. The van der Waals surface area contributed by atoms with Gasteiger partial charge in [-0.15, -0.1) is 0 Å². The molecule has 1 aliphatic heterocycles. The van der Waals surface area contributed by atoms with E-state index in [9.17, 15) is 14.7 Å². The number of H-pyrrole nitrogens is 1. The summed E-state index contributed by atoms with van der Waals surface area (Å²) in [6.45, 7) is 0.711. The molecule has 0 aliphatic carbocycles. The zero-order valence-corrected chi connectivity index (χ0v) is 13.9. The van der Waals surface area contributed by atoms with Crippen molar-refractivity contribution in [1.82, 2.24) is 15.0 Å². The highest BCUT2D eigenvalue weighted by Crippen LogP contribution is 2.29. The van der Waals surface area contributed by atoms with E-state index in [2.05, 4.69) is 20.3 Å². The van der Waals surface area contributed by atoms with Gasteiger partial charge in [0.25, 0.3) is 5.91 Å². The van der Waals surface area contributed by atoms with Gasteiger partial charge in [-0.25, -0.2) is 14.8 Å². The SMILES string of the molecule is O=C(Nc1cccc(-c2ncnc3[nH]cc(C(=O)O)c23)c1)C1=COCCO1. The van der Waals surface area contributed by atoms with Crippen LogP contribution in [0, 0.1) is 0 Å². The predicted molar refractivity (Wildman–Crippen MR) is 94.9 cm³/mol. The lowest BCUT2D eigenvalue weighted by molar-refractivity contribution is -0.117. The second-order valence-electron chi connectivity index (χ2n) is 5.69. The van der Waals surface area contributed by atoms with Gasteiger partial charge in [-0.1, -0.05) is 12.1 Å². The predicted octanol–water partition coefficient (Wildman–Crippen LogP) is 2.15. The molecule has 0 spiro atoms. The average Bonchev–Trinajstić information content (AvgIpc) is 3.13. The van der Waals surface area contributed by atoms with E-state index in [1.165, 1.54) is 18.8 Å². The van der Waals surface area contributed by atoms with Crippen LogP contribution in [0.2, 0.25) is 0 Å². The minimum absolute atomic E-state index is 0.0768. The second-order valence-corrected chi connectivity index (χ2v) is 5.69. The van der Waals surface area contributed by atoms with Crippen LogP contribution in [0.15, 0.2) is 48.8 Å². The number of aromatic amines is 1. The number of benzene rings is 1. The van der Waals surface area contributed by atoms with Crippen molar-refractivity contribution in [1.29, 1.82) is 0 Å². The normalized spacial score (nSPS) is 13.4. The minimum Gasteiger partial charge on any atom is -0.494 e. The summed E-state index contributed by atoms with van der Waals surface area (Å²) in [6, 6.07) is 6.91. The molecule has 0 fully saturated rings. The summed E-state index contributed by atoms with van der Waals surface area (Å²) >= 11 is 0. The first kappa shape index (κ1) is 16.6. The molecular formula is C18H14N4O5. The number of carboxylic acid groups (broad SMARTS) is 1. The van der Waals surface area contributed by atoms with E-state index in [4.69, 9.17) is 9.47 Å². The summed E-state index contributed by atoms with van der Waals surface area (Å²) in [5, 5.41) is 12.5. The smallest absolute Gasteiger partial charge is 0.338 e. The van der Waals surface area contributed by atoms with Crippen LogP contribution in [0.4, 0.5) is 5.69 Å². The number of hydrogen-bond donors (Lipinski definition) is 3. The van der Waals surface area contributed by atoms with Gasteiger partial charge in [-0.3, -0.25) is 4.79 Å². The van der Waals surface area contributed by atoms with Crippen molar-refractivity contribution in [3.05, 3.63) is 54.4 Å². The van der Waals surface area contributed by atoms with Crippen LogP contribution in [0.5, 0.6) is 0 Å². The Hall–Kier alpha value is -3.88.